The van der Waals surface area contributed by atoms with E-state index in [1.807, 2.05) is 0 Å². The van der Waals surface area contributed by atoms with E-state index in [-0.39, 0.29) is 5.56 Å². The van der Waals surface area contributed by atoms with Crippen molar-refractivity contribution in [2.24, 2.45) is 0 Å². The van der Waals surface area contributed by atoms with Crippen molar-refractivity contribution in [1.82, 2.24) is 0 Å². The molecule has 0 unspecified atom stereocenters. The molecule has 0 bridgehead atoms. The van der Waals surface area contributed by atoms with Crippen LogP contribution in [0, 0.1) is 6.92 Å². The highest BCUT2D eigenvalue weighted by Gasteiger charge is 2.10. The lowest BCUT2D eigenvalue weighted by molar-refractivity contribution is 0.0696. The van der Waals surface area contributed by atoms with Gasteiger partial charge in [-0.1, -0.05) is 11.6 Å². The normalized spacial score (nSPS) is 9.92. The molecule has 1 aromatic rings. The standard InChI is InChI=1S/C8H7ClO2S/c1-4-5(8(10)11)2-3-6(9)7(4)12/h2-3,12H,1H3,(H,10,11). The van der Waals surface area contributed by atoms with Crippen LogP contribution in [0.1, 0.15) is 15.9 Å². The van der Waals surface area contributed by atoms with Crippen LogP contribution in [0.25, 0.3) is 0 Å². The van der Waals surface area contributed by atoms with E-state index in [0.29, 0.717) is 15.5 Å². The summed E-state index contributed by atoms with van der Waals surface area (Å²) in [5.74, 6) is -0.959. The summed E-state index contributed by atoms with van der Waals surface area (Å²) in [5.41, 5.74) is 0.836. The highest BCUT2D eigenvalue weighted by molar-refractivity contribution is 7.80. The van der Waals surface area contributed by atoms with Gasteiger partial charge >= 0.3 is 5.97 Å². The van der Waals surface area contributed by atoms with E-state index in [1.54, 1.807) is 6.92 Å². The van der Waals surface area contributed by atoms with E-state index < -0.39 is 5.97 Å². The summed E-state index contributed by atoms with van der Waals surface area (Å²) in [6.45, 7) is 1.68. The van der Waals surface area contributed by atoms with Gasteiger partial charge in [0.25, 0.3) is 0 Å². The number of carbonyl (C=O) groups is 1. The molecule has 0 spiro atoms. The summed E-state index contributed by atoms with van der Waals surface area (Å²) in [5, 5.41) is 9.18. The van der Waals surface area contributed by atoms with Gasteiger partial charge in [0.1, 0.15) is 0 Å². The van der Waals surface area contributed by atoms with Crippen LogP contribution in [-0.2, 0) is 0 Å². The maximum Gasteiger partial charge on any atom is 0.335 e. The number of hydrogen-bond acceptors (Lipinski definition) is 2. The Morgan fingerprint density at radius 2 is 2.17 bits per heavy atom. The molecule has 1 rings (SSSR count). The number of rotatable bonds is 1. The molecule has 0 saturated carbocycles. The van der Waals surface area contributed by atoms with Crippen molar-refractivity contribution in [3.8, 4) is 0 Å². The van der Waals surface area contributed by atoms with Gasteiger partial charge in [-0.15, -0.1) is 12.6 Å². The largest absolute Gasteiger partial charge is 0.478 e. The Kier molecular flexibility index (Phi) is 2.65. The lowest BCUT2D eigenvalue weighted by Gasteiger charge is -2.04. The third-order valence-corrected chi connectivity index (χ3v) is 2.64. The molecule has 0 atom stereocenters. The second kappa shape index (κ2) is 3.37. The zero-order valence-electron chi connectivity index (χ0n) is 6.34. The molecule has 12 heavy (non-hydrogen) atoms. The quantitative estimate of drug-likeness (QED) is 0.687. The molecule has 0 aromatic heterocycles. The molecule has 0 radical (unpaired) electrons. The third-order valence-electron chi connectivity index (χ3n) is 1.61. The van der Waals surface area contributed by atoms with Crippen molar-refractivity contribution in [3.63, 3.8) is 0 Å². The zero-order valence-corrected chi connectivity index (χ0v) is 7.99. The van der Waals surface area contributed by atoms with Gasteiger partial charge in [0.15, 0.2) is 0 Å². The van der Waals surface area contributed by atoms with E-state index >= 15 is 0 Å². The number of carboxylic acids is 1. The molecular weight excluding hydrogens is 196 g/mol. The van der Waals surface area contributed by atoms with Gasteiger partial charge in [0, 0.05) is 4.90 Å². The second-order valence-corrected chi connectivity index (χ2v) is 3.23. The fourth-order valence-corrected chi connectivity index (χ4v) is 1.30. The van der Waals surface area contributed by atoms with Crippen LogP contribution in [0.4, 0.5) is 0 Å². The van der Waals surface area contributed by atoms with Gasteiger partial charge in [0.2, 0.25) is 0 Å². The number of benzene rings is 1. The number of halogens is 1. The van der Waals surface area contributed by atoms with Crippen molar-refractivity contribution in [1.29, 1.82) is 0 Å². The lowest BCUT2D eigenvalue weighted by atomic mass is 10.1. The van der Waals surface area contributed by atoms with Crippen molar-refractivity contribution < 1.29 is 9.90 Å². The van der Waals surface area contributed by atoms with Gasteiger partial charge < -0.3 is 5.11 Å². The first-order chi connectivity index (χ1) is 5.54. The minimum Gasteiger partial charge on any atom is -0.478 e. The summed E-state index contributed by atoms with van der Waals surface area (Å²) >= 11 is 9.80. The zero-order chi connectivity index (χ0) is 9.30. The van der Waals surface area contributed by atoms with Crippen molar-refractivity contribution in [3.05, 3.63) is 28.3 Å². The third kappa shape index (κ3) is 1.57. The molecule has 4 heteroatoms. The van der Waals surface area contributed by atoms with Gasteiger partial charge in [-0.2, -0.15) is 0 Å². The summed E-state index contributed by atoms with van der Waals surface area (Å²) in [6.07, 6.45) is 0. The smallest absolute Gasteiger partial charge is 0.335 e. The van der Waals surface area contributed by atoms with Crippen LogP contribution < -0.4 is 0 Å². The Hall–Kier alpha value is -0.670. The molecule has 1 aromatic carbocycles. The molecule has 0 fully saturated rings. The summed E-state index contributed by atoms with van der Waals surface area (Å²) < 4.78 is 0. The Balaban J connectivity index is 3.36. The average Bonchev–Trinajstić information content (AvgIpc) is 2.00. The predicted molar refractivity (Wildman–Crippen MR) is 50.4 cm³/mol. The summed E-state index contributed by atoms with van der Waals surface area (Å²) in [7, 11) is 0. The monoisotopic (exact) mass is 202 g/mol. The molecule has 0 aliphatic heterocycles. The number of hydrogen-bond donors (Lipinski definition) is 2. The minimum absolute atomic E-state index is 0.240. The minimum atomic E-state index is -0.959. The lowest BCUT2D eigenvalue weighted by Crippen LogP contribution is -1.99. The maximum absolute atomic E-state index is 10.6. The Bertz CT molecular complexity index is 336. The van der Waals surface area contributed by atoms with E-state index in [4.69, 9.17) is 16.7 Å². The predicted octanol–water partition coefficient (Wildman–Crippen LogP) is 2.64. The maximum atomic E-state index is 10.6. The van der Waals surface area contributed by atoms with E-state index in [2.05, 4.69) is 12.6 Å². The SMILES string of the molecule is Cc1c(C(=O)O)ccc(Cl)c1S. The van der Waals surface area contributed by atoms with Gasteiger partial charge in [-0.3, -0.25) is 0 Å². The molecule has 0 aliphatic rings. The Morgan fingerprint density at radius 1 is 1.58 bits per heavy atom. The number of carboxylic acid groups (broad SMARTS) is 1. The molecule has 0 saturated heterocycles. The molecular formula is C8H7ClO2S. The Morgan fingerprint density at radius 3 is 2.67 bits per heavy atom. The first-order valence-corrected chi connectivity index (χ1v) is 4.08. The van der Waals surface area contributed by atoms with Crippen LogP contribution in [0.15, 0.2) is 17.0 Å². The summed E-state index contributed by atoms with van der Waals surface area (Å²) in [6, 6.07) is 3.00. The molecule has 0 aliphatic carbocycles. The topological polar surface area (TPSA) is 37.3 Å². The molecule has 0 amide bonds. The molecule has 2 nitrogen and oxygen atoms in total. The van der Waals surface area contributed by atoms with Crippen molar-refractivity contribution >= 4 is 30.2 Å². The summed E-state index contributed by atoms with van der Waals surface area (Å²) in [4.78, 5) is 11.1. The fourth-order valence-electron chi connectivity index (χ4n) is 0.899. The van der Waals surface area contributed by atoms with Crippen LogP contribution in [0.3, 0.4) is 0 Å². The second-order valence-electron chi connectivity index (χ2n) is 2.37. The van der Waals surface area contributed by atoms with Gasteiger partial charge in [-0.25, -0.2) is 4.79 Å². The van der Waals surface area contributed by atoms with E-state index in [9.17, 15) is 4.79 Å². The first-order valence-electron chi connectivity index (χ1n) is 3.25. The van der Waals surface area contributed by atoms with Crippen molar-refractivity contribution in [2.45, 2.75) is 11.8 Å². The molecule has 1 N–H and O–H groups in total. The van der Waals surface area contributed by atoms with Gasteiger partial charge in [-0.05, 0) is 24.6 Å². The number of thiol groups is 1. The van der Waals surface area contributed by atoms with Gasteiger partial charge in [0.05, 0.1) is 10.6 Å². The average molecular weight is 203 g/mol. The van der Waals surface area contributed by atoms with Crippen molar-refractivity contribution in [2.75, 3.05) is 0 Å². The van der Waals surface area contributed by atoms with E-state index in [1.165, 1.54) is 12.1 Å². The van der Waals surface area contributed by atoms with Crippen LogP contribution in [0.5, 0.6) is 0 Å². The highest BCUT2D eigenvalue weighted by Crippen LogP contribution is 2.25. The number of aromatic carboxylic acids is 1. The van der Waals surface area contributed by atoms with Crippen LogP contribution in [0.2, 0.25) is 5.02 Å². The fraction of sp³-hybridized carbons (Fsp3) is 0.125. The molecule has 0 heterocycles. The molecule has 64 valence electrons. The highest BCUT2D eigenvalue weighted by atomic mass is 35.5. The van der Waals surface area contributed by atoms with E-state index in [0.717, 1.165) is 0 Å². The van der Waals surface area contributed by atoms with Crippen LogP contribution >= 0.6 is 24.2 Å². The Labute approximate surface area is 80.6 Å². The first kappa shape index (κ1) is 9.42. The van der Waals surface area contributed by atoms with Crippen LogP contribution in [-0.4, -0.2) is 11.1 Å².